The number of rotatable bonds is 52. The minimum absolute atomic E-state index is 0.0876. The lowest BCUT2D eigenvalue weighted by atomic mass is 10.1. The molecule has 0 aliphatic heterocycles. The normalized spacial score (nSPS) is 12.2. The molecule has 0 aromatic rings. The fourth-order valence-electron chi connectivity index (χ4n) is 8.27. The fraction of sp³-hybridized carbons (Fsp3) is 0.895. The summed E-state index contributed by atoms with van der Waals surface area (Å²) in [6.07, 6.45) is 63.3. The highest BCUT2D eigenvalue weighted by Gasteiger charge is 2.17. The zero-order chi connectivity index (χ0) is 44.9. The van der Waals surface area contributed by atoms with Crippen molar-refractivity contribution in [1.82, 2.24) is 0 Å². The van der Waals surface area contributed by atoms with Crippen molar-refractivity contribution in [3.63, 3.8) is 0 Å². The maximum atomic E-state index is 12.8. The topological polar surface area (TPSA) is 61.8 Å². The van der Waals surface area contributed by atoms with E-state index in [1.54, 1.807) is 0 Å². The van der Waals surface area contributed by atoms with Gasteiger partial charge in [-0.25, -0.2) is 0 Å². The number of carbonyl (C=O) groups excluding carboxylic acids is 2. The molecule has 1 atom stereocenters. The molecule has 1 unspecified atom stereocenters. The Labute approximate surface area is 387 Å². The average Bonchev–Trinajstić information content (AvgIpc) is 3.27. The first-order valence-corrected chi connectivity index (χ1v) is 27.9. The van der Waals surface area contributed by atoms with Crippen LogP contribution in [0.2, 0.25) is 0 Å². The monoisotopic (exact) mass is 873 g/mol. The van der Waals surface area contributed by atoms with Crippen LogP contribution in [0.25, 0.3) is 0 Å². The molecule has 0 spiro atoms. The quantitative estimate of drug-likeness (QED) is 0.0346. The minimum Gasteiger partial charge on any atom is -0.462 e. The van der Waals surface area contributed by atoms with Gasteiger partial charge < -0.3 is 14.2 Å². The lowest BCUT2D eigenvalue weighted by Gasteiger charge is -2.18. The Kier molecular flexibility index (Phi) is 52.3. The molecule has 0 aliphatic rings. The third kappa shape index (κ3) is 51.0. The summed E-state index contributed by atoms with van der Waals surface area (Å²) in [6, 6.07) is 0. The lowest BCUT2D eigenvalue weighted by Crippen LogP contribution is -2.30. The maximum absolute atomic E-state index is 12.8. The smallest absolute Gasteiger partial charge is 0.306 e. The van der Waals surface area contributed by atoms with Crippen molar-refractivity contribution in [3.05, 3.63) is 24.3 Å². The molecule has 62 heavy (non-hydrogen) atoms. The van der Waals surface area contributed by atoms with E-state index in [9.17, 15) is 9.59 Å². The van der Waals surface area contributed by atoms with Crippen molar-refractivity contribution in [3.8, 4) is 0 Å². The van der Waals surface area contributed by atoms with E-state index in [2.05, 4.69) is 45.1 Å². The molecule has 0 saturated heterocycles. The number of hydrogen-bond donors (Lipinski definition) is 0. The van der Waals surface area contributed by atoms with Crippen molar-refractivity contribution in [2.45, 2.75) is 309 Å². The first-order valence-electron chi connectivity index (χ1n) is 27.9. The number of allylic oxidation sites excluding steroid dienone is 4. The van der Waals surface area contributed by atoms with E-state index >= 15 is 0 Å². The van der Waals surface area contributed by atoms with Crippen LogP contribution in [0.4, 0.5) is 0 Å². The molecule has 0 heterocycles. The van der Waals surface area contributed by atoms with Gasteiger partial charge in [-0.1, -0.05) is 244 Å². The first-order chi connectivity index (χ1) is 30.6. The van der Waals surface area contributed by atoms with Gasteiger partial charge >= 0.3 is 11.9 Å². The van der Waals surface area contributed by atoms with Crippen molar-refractivity contribution in [2.24, 2.45) is 0 Å². The predicted octanol–water partition coefficient (Wildman–Crippen LogP) is 18.8. The molecule has 0 radical (unpaired) electrons. The van der Waals surface area contributed by atoms with Gasteiger partial charge in [0.25, 0.3) is 0 Å². The Morgan fingerprint density at radius 3 is 0.984 bits per heavy atom. The van der Waals surface area contributed by atoms with E-state index in [1.165, 1.54) is 225 Å². The Morgan fingerprint density at radius 1 is 0.339 bits per heavy atom. The van der Waals surface area contributed by atoms with Gasteiger partial charge in [0.15, 0.2) is 6.10 Å². The Morgan fingerprint density at radius 2 is 0.629 bits per heavy atom. The van der Waals surface area contributed by atoms with E-state index in [0.29, 0.717) is 26.1 Å². The minimum atomic E-state index is -0.534. The van der Waals surface area contributed by atoms with E-state index < -0.39 is 6.10 Å². The van der Waals surface area contributed by atoms with Gasteiger partial charge in [0.2, 0.25) is 0 Å². The second-order valence-electron chi connectivity index (χ2n) is 18.8. The second-order valence-corrected chi connectivity index (χ2v) is 18.8. The van der Waals surface area contributed by atoms with E-state index in [1.807, 2.05) is 0 Å². The molecule has 5 nitrogen and oxygen atoms in total. The molecule has 0 saturated carbocycles. The molecule has 0 amide bonds. The molecule has 0 rings (SSSR count). The third-order valence-corrected chi connectivity index (χ3v) is 12.5. The molecular weight excluding hydrogens is 765 g/mol. The van der Waals surface area contributed by atoms with E-state index in [0.717, 1.165) is 44.9 Å². The third-order valence-electron chi connectivity index (χ3n) is 12.5. The van der Waals surface area contributed by atoms with Crippen LogP contribution in [-0.2, 0) is 23.8 Å². The van der Waals surface area contributed by atoms with Crippen LogP contribution in [-0.4, -0.2) is 37.9 Å². The molecule has 366 valence electrons. The van der Waals surface area contributed by atoms with E-state index in [-0.39, 0.29) is 18.5 Å². The highest BCUT2D eigenvalue weighted by molar-refractivity contribution is 5.70. The summed E-state index contributed by atoms with van der Waals surface area (Å²) in [5, 5.41) is 0. The molecule has 5 heteroatoms. The van der Waals surface area contributed by atoms with Crippen LogP contribution < -0.4 is 0 Å². The molecule has 0 bridgehead atoms. The highest BCUT2D eigenvalue weighted by Crippen LogP contribution is 2.16. The number of unbranched alkanes of at least 4 members (excludes halogenated alkanes) is 37. The molecule has 0 fully saturated rings. The van der Waals surface area contributed by atoms with Gasteiger partial charge in [-0.05, 0) is 70.6 Å². The summed E-state index contributed by atoms with van der Waals surface area (Å²) in [6.45, 7) is 7.87. The molecule has 0 aromatic carbocycles. The molecule has 0 N–H and O–H groups in total. The van der Waals surface area contributed by atoms with Crippen LogP contribution in [0.3, 0.4) is 0 Å². The van der Waals surface area contributed by atoms with Crippen LogP contribution >= 0.6 is 0 Å². The van der Waals surface area contributed by atoms with Crippen LogP contribution in [0.5, 0.6) is 0 Å². The lowest BCUT2D eigenvalue weighted by molar-refractivity contribution is -0.163. The van der Waals surface area contributed by atoms with Crippen LogP contribution in [0.1, 0.15) is 303 Å². The van der Waals surface area contributed by atoms with Crippen molar-refractivity contribution >= 4 is 11.9 Å². The largest absolute Gasteiger partial charge is 0.462 e. The van der Waals surface area contributed by atoms with Gasteiger partial charge in [0.1, 0.15) is 6.61 Å². The zero-order valence-corrected chi connectivity index (χ0v) is 42.2. The molecular formula is C57H108O5. The summed E-state index contributed by atoms with van der Waals surface area (Å²) < 4.78 is 17.4. The van der Waals surface area contributed by atoms with Crippen molar-refractivity contribution in [1.29, 1.82) is 0 Å². The second kappa shape index (κ2) is 53.7. The SMILES string of the molecule is CCCCCCCC/C=C\CCCCCCCCCCCC(=O)OCC(COCCCCCCCCCCCCCC)OC(=O)CCCCCCC/C=C\CCCCCCCC. The number of ether oxygens (including phenoxy) is 3. The Hall–Kier alpha value is -1.62. The van der Waals surface area contributed by atoms with Gasteiger partial charge in [-0.2, -0.15) is 0 Å². The predicted molar refractivity (Wildman–Crippen MR) is 270 cm³/mol. The summed E-state index contributed by atoms with van der Waals surface area (Å²) in [5.41, 5.74) is 0. The van der Waals surface area contributed by atoms with Crippen molar-refractivity contribution in [2.75, 3.05) is 19.8 Å². The summed E-state index contributed by atoms with van der Waals surface area (Å²) >= 11 is 0. The summed E-state index contributed by atoms with van der Waals surface area (Å²) in [4.78, 5) is 25.4. The summed E-state index contributed by atoms with van der Waals surface area (Å²) in [7, 11) is 0. The standard InChI is InChI=1S/C57H108O5/c1-4-7-10-13-16-19-22-25-27-28-29-30-32-33-35-38-41-44-47-50-56(58)61-54-55(53-60-52-49-46-43-40-37-24-21-18-15-12-9-6-3)62-57(59)51-48-45-42-39-36-34-31-26-23-20-17-14-11-8-5-2/h25-27,31,55H,4-24,28-30,32-54H2,1-3H3/b27-25-,31-26-. The number of hydrogen-bond acceptors (Lipinski definition) is 5. The van der Waals surface area contributed by atoms with Gasteiger partial charge in [-0.15, -0.1) is 0 Å². The van der Waals surface area contributed by atoms with Gasteiger partial charge in [0, 0.05) is 19.4 Å². The Balaban J connectivity index is 4.19. The highest BCUT2D eigenvalue weighted by atomic mass is 16.6. The average molecular weight is 873 g/mol. The number of esters is 2. The van der Waals surface area contributed by atoms with Crippen molar-refractivity contribution < 1.29 is 23.8 Å². The Bertz CT molecular complexity index is 943. The van der Waals surface area contributed by atoms with E-state index in [4.69, 9.17) is 14.2 Å². The molecule has 0 aromatic heterocycles. The first kappa shape index (κ1) is 60.4. The fourth-order valence-corrected chi connectivity index (χ4v) is 8.27. The van der Waals surface area contributed by atoms with Gasteiger partial charge in [-0.3, -0.25) is 9.59 Å². The van der Waals surface area contributed by atoms with Gasteiger partial charge in [0.05, 0.1) is 6.61 Å². The zero-order valence-electron chi connectivity index (χ0n) is 42.2. The van der Waals surface area contributed by atoms with Crippen LogP contribution in [0.15, 0.2) is 24.3 Å². The number of carbonyl (C=O) groups is 2. The van der Waals surface area contributed by atoms with Crippen LogP contribution in [0, 0.1) is 0 Å². The maximum Gasteiger partial charge on any atom is 0.306 e. The summed E-state index contributed by atoms with van der Waals surface area (Å²) in [5.74, 6) is -0.390. The molecule has 0 aliphatic carbocycles.